The molecule has 3 aromatic rings. The number of aromatic nitrogens is 1. The summed E-state index contributed by atoms with van der Waals surface area (Å²) in [7, 11) is 1.84. The Labute approximate surface area is 269 Å². The number of fused-ring (bicyclic) bond motifs is 5. The molecule has 5 heterocycles. The minimum Gasteiger partial charge on any atom is -0.361 e. The zero-order chi connectivity index (χ0) is 32.8. The van der Waals surface area contributed by atoms with E-state index in [1.807, 2.05) is 66.7 Å². The number of nitrogens with one attached hydrogen (secondary N) is 2. The summed E-state index contributed by atoms with van der Waals surface area (Å²) in [5.74, 6) is -5.33. The summed E-state index contributed by atoms with van der Waals surface area (Å²) >= 11 is 0. The lowest BCUT2D eigenvalue weighted by Crippen LogP contribution is -2.71. The van der Waals surface area contributed by atoms with Crippen LogP contribution in [0.2, 0.25) is 0 Å². The number of H-pyrrole nitrogens is 1. The van der Waals surface area contributed by atoms with Gasteiger partial charge >= 0.3 is 0 Å². The molecule has 0 saturated carbocycles. The number of benzene rings is 2. The molecular weight excluding hydrogens is 608 g/mol. The number of hydrogen-bond acceptors (Lipinski definition) is 9. The molecule has 3 fully saturated rings. The third-order valence-corrected chi connectivity index (χ3v) is 10.4. The Morgan fingerprint density at radius 1 is 1.21 bits per heavy atom. The average molecular weight is 643 g/mol. The van der Waals surface area contributed by atoms with Gasteiger partial charge < -0.3 is 20.3 Å². The first-order chi connectivity index (χ1) is 22.5. The lowest BCUT2D eigenvalue weighted by atomic mass is 9.78. The maximum absolute atomic E-state index is 14.3. The van der Waals surface area contributed by atoms with E-state index in [1.165, 1.54) is 6.92 Å². The Morgan fingerprint density at radius 3 is 2.77 bits per heavy atom. The van der Waals surface area contributed by atoms with Crippen LogP contribution in [0.5, 0.6) is 0 Å². The number of ether oxygens (including phenoxy) is 1. The zero-order valence-electron chi connectivity index (χ0n) is 25.8. The Balaban J connectivity index is 1.16. The van der Waals surface area contributed by atoms with Crippen LogP contribution in [0, 0.1) is 16.0 Å². The number of aromatic amines is 1. The van der Waals surface area contributed by atoms with Gasteiger partial charge in [-0.2, -0.15) is 0 Å². The van der Waals surface area contributed by atoms with Crippen LogP contribution in [0.4, 0.5) is 0 Å². The Hall–Kier alpha value is -4.79. The monoisotopic (exact) mass is 642 g/mol. The molecule has 0 spiro atoms. The van der Waals surface area contributed by atoms with Crippen LogP contribution >= 0.6 is 0 Å². The molecule has 3 N–H and O–H groups in total. The molecule has 14 nitrogen and oxygen atoms in total. The largest absolute Gasteiger partial charge is 0.361 e. The van der Waals surface area contributed by atoms with E-state index < -0.39 is 46.5 Å². The van der Waals surface area contributed by atoms with Crippen LogP contribution in [-0.2, 0) is 36.8 Å². The fourth-order valence-corrected chi connectivity index (χ4v) is 8.39. The predicted octanol–water partition coefficient (Wildman–Crippen LogP) is 1.53. The van der Waals surface area contributed by atoms with Crippen LogP contribution in [0.25, 0.3) is 16.5 Å². The van der Waals surface area contributed by atoms with E-state index in [0.29, 0.717) is 31.4 Å². The first-order valence-electron chi connectivity index (χ1n) is 15.8. The van der Waals surface area contributed by atoms with Crippen molar-refractivity contribution >= 4 is 34.2 Å². The van der Waals surface area contributed by atoms with E-state index >= 15 is 0 Å². The third kappa shape index (κ3) is 4.31. The van der Waals surface area contributed by atoms with Crippen molar-refractivity contribution in [2.75, 3.05) is 20.1 Å². The van der Waals surface area contributed by atoms with Crippen molar-refractivity contribution in [1.29, 1.82) is 0 Å². The van der Waals surface area contributed by atoms with Crippen LogP contribution in [0.1, 0.15) is 36.5 Å². The molecule has 0 bridgehead atoms. The zero-order valence-corrected chi connectivity index (χ0v) is 25.8. The van der Waals surface area contributed by atoms with Crippen molar-refractivity contribution in [1.82, 2.24) is 25.0 Å². The smallest absolute Gasteiger partial charge is 0.299 e. The summed E-state index contributed by atoms with van der Waals surface area (Å²) < 4.78 is 6.17. The molecule has 14 heteroatoms. The molecule has 3 amide bonds. The SMILES string of the molecule is CN1C[C@@H](C(=O)NC2(C)OC3(O)[C@@H]4CCCN4C(=O)C(Cc4ccccc4)N3C2=O)C(O[N+](=O)[O-])=C2c3cccc4[nH]cc(c34)C[C@H]21. The quantitative estimate of drug-likeness (QED) is 0.267. The second kappa shape index (κ2) is 10.4. The molecule has 47 heavy (non-hydrogen) atoms. The van der Waals surface area contributed by atoms with Crippen molar-refractivity contribution in [3.05, 3.63) is 87.3 Å². The van der Waals surface area contributed by atoms with Gasteiger partial charge in [-0.15, -0.1) is 10.1 Å². The van der Waals surface area contributed by atoms with Crippen molar-refractivity contribution < 1.29 is 34.2 Å². The van der Waals surface area contributed by atoms with E-state index in [-0.39, 0.29) is 30.7 Å². The topological polar surface area (TPSA) is 171 Å². The normalized spacial score (nSPS) is 31.6. The summed E-state index contributed by atoms with van der Waals surface area (Å²) in [6.07, 6.45) is 3.64. The van der Waals surface area contributed by atoms with Crippen LogP contribution in [0.15, 0.2) is 60.5 Å². The predicted molar refractivity (Wildman–Crippen MR) is 165 cm³/mol. The van der Waals surface area contributed by atoms with Gasteiger partial charge in [0.25, 0.3) is 16.9 Å². The molecule has 3 unspecified atom stereocenters. The highest BCUT2D eigenvalue weighted by molar-refractivity contribution is 6.01. The highest BCUT2D eigenvalue weighted by atomic mass is 17.0. The molecule has 4 aliphatic heterocycles. The number of nitrogens with zero attached hydrogens (tertiary/aromatic N) is 4. The van der Waals surface area contributed by atoms with E-state index in [2.05, 4.69) is 10.3 Å². The van der Waals surface area contributed by atoms with E-state index in [0.717, 1.165) is 32.5 Å². The molecule has 5 aliphatic rings. The van der Waals surface area contributed by atoms with Gasteiger partial charge in [-0.1, -0.05) is 42.5 Å². The van der Waals surface area contributed by atoms with Crippen molar-refractivity contribution in [2.24, 2.45) is 5.92 Å². The summed E-state index contributed by atoms with van der Waals surface area (Å²) in [6.45, 7) is 1.81. The van der Waals surface area contributed by atoms with Gasteiger partial charge in [0.05, 0.1) is 5.92 Å². The number of amides is 3. The second-order valence-corrected chi connectivity index (χ2v) is 13.2. The van der Waals surface area contributed by atoms with Crippen molar-refractivity contribution in [3.63, 3.8) is 0 Å². The van der Waals surface area contributed by atoms with Gasteiger partial charge in [-0.25, -0.2) is 0 Å². The summed E-state index contributed by atoms with van der Waals surface area (Å²) in [4.78, 5) is 67.2. The fourth-order valence-electron chi connectivity index (χ4n) is 8.39. The Kier molecular flexibility index (Phi) is 6.52. The lowest BCUT2D eigenvalue weighted by molar-refractivity contribution is -0.744. The highest BCUT2D eigenvalue weighted by Crippen LogP contribution is 2.47. The van der Waals surface area contributed by atoms with Crippen LogP contribution in [-0.4, -0.2) is 97.5 Å². The molecule has 2 aromatic carbocycles. The number of likely N-dealkylation sites (N-methyl/N-ethyl adjacent to an activating group) is 1. The van der Waals surface area contributed by atoms with Gasteiger partial charge in [0.15, 0.2) is 0 Å². The van der Waals surface area contributed by atoms with Crippen LogP contribution in [0.3, 0.4) is 0 Å². The van der Waals surface area contributed by atoms with Gasteiger partial charge in [-0.05, 0) is 56.0 Å². The minimum absolute atomic E-state index is 0.0582. The van der Waals surface area contributed by atoms with E-state index in [4.69, 9.17) is 9.57 Å². The Morgan fingerprint density at radius 2 is 2.00 bits per heavy atom. The second-order valence-electron chi connectivity index (χ2n) is 13.2. The number of piperazine rings is 1. The first-order valence-corrected chi connectivity index (χ1v) is 15.8. The fraction of sp³-hybridized carbons (Fsp3) is 0.424. The number of rotatable bonds is 6. The Bertz CT molecular complexity index is 1880. The number of hydrogen-bond donors (Lipinski definition) is 3. The maximum Gasteiger partial charge on any atom is 0.299 e. The molecule has 0 radical (unpaired) electrons. The van der Waals surface area contributed by atoms with Gasteiger partial charge in [0.2, 0.25) is 17.5 Å². The standard InChI is InChI=1S/C33H34N6O8/c1-32(31(42)38-24(14-18-8-4-3-5-9-18)30(41)37-13-7-12-25(37)33(38,43)47-32)35-29(40)21-17-36(2)23-15-19-16-34-22-11-6-10-20(26(19)22)27(23)28(21)46-39(44)45/h3-6,8-11,16,21,23-25,34,43H,7,12-15,17H2,1-2H3,(H,35,40)/t21-,23-,24?,25+,32?,33?/m1/s1. The number of carbonyl (C=O) groups excluding carboxylic acids is 3. The lowest BCUT2D eigenvalue weighted by Gasteiger charge is -2.48. The molecule has 1 aromatic heterocycles. The molecular formula is C33H34N6O8. The highest BCUT2D eigenvalue weighted by Gasteiger charge is 2.70. The van der Waals surface area contributed by atoms with Gasteiger partial charge in [0, 0.05) is 48.2 Å². The van der Waals surface area contributed by atoms with Crippen molar-refractivity contribution in [3.8, 4) is 0 Å². The molecule has 1 aliphatic carbocycles. The van der Waals surface area contributed by atoms with Crippen molar-refractivity contribution in [2.45, 2.75) is 62.4 Å². The number of carbonyl (C=O) groups is 3. The molecule has 3 saturated heterocycles. The summed E-state index contributed by atoms with van der Waals surface area (Å²) in [5, 5.41) is 26.6. The maximum atomic E-state index is 14.3. The summed E-state index contributed by atoms with van der Waals surface area (Å²) in [6, 6.07) is 12.6. The minimum atomic E-state index is -2.19. The molecule has 244 valence electrons. The van der Waals surface area contributed by atoms with E-state index in [9.17, 15) is 29.6 Å². The van der Waals surface area contributed by atoms with Gasteiger partial charge in [-0.3, -0.25) is 33.8 Å². The number of aliphatic hydroxyl groups is 1. The first kappa shape index (κ1) is 29.6. The van der Waals surface area contributed by atoms with Gasteiger partial charge in [0.1, 0.15) is 17.8 Å². The van der Waals surface area contributed by atoms with E-state index in [1.54, 1.807) is 4.90 Å². The molecule has 8 rings (SSSR count). The van der Waals surface area contributed by atoms with Crippen LogP contribution < -0.4 is 5.32 Å². The third-order valence-electron chi connectivity index (χ3n) is 10.4. The summed E-state index contributed by atoms with van der Waals surface area (Å²) in [5.41, 5.74) is 1.88. The molecule has 6 atom stereocenters. The average Bonchev–Trinajstić information content (AvgIpc) is 3.75.